The van der Waals surface area contributed by atoms with Crippen LogP contribution in [0.3, 0.4) is 0 Å². The maximum absolute atomic E-state index is 14.6. The summed E-state index contributed by atoms with van der Waals surface area (Å²) in [4.78, 5) is 29.3. The summed E-state index contributed by atoms with van der Waals surface area (Å²) in [7, 11) is 2.10. The molecule has 0 aliphatic heterocycles. The number of aromatic nitrogens is 2. The Labute approximate surface area is 167 Å². The predicted molar refractivity (Wildman–Crippen MR) is 97.2 cm³/mol. The number of hydrogen-bond acceptors (Lipinski definition) is 6. The van der Waals surface area contributed by atoms with Gasteiger partial charge in [-0.3, -0.25) is 9.36 Å². The monoisotopic (exact) mass is 428 g/mol. The van der Waals surface area contributed by atoms with Crippen molar-refractivity contribution in [2.24, 2.45) is 12.2 Å². The Morgan fingerprint density at radius 1 is 1.27 bits per heavy atom. The van der Waals surface area contributed by atoms with Gasteiger partial charge < -0.3 is 9.57 Å². The van der Waals surface area contributed by atoms with Crippen LogP contribution in [0.15, 0.2) is 32.9 Å². The number of halogens is 4. The van der Waals surface area contributed by atoms with Crippen molar-refractivity contribution >= 4 is 5.71 Å². The van der Waals surface area contributed by atoms with Crippen LogP contribution in [0.2, 0.25) is 0 Å². The molecule has 0 amide bonds. The summed E-state index contributed by atoms with van der Waals surface area (Å²) in [6.45, 7) is 3.10. The van der Waals surface area contributed by atoms with Gasteiger partial charge in [0, 0.05) is 19.2 Å². The van der Waals surface area contributed by atoms with E-state index >= 15 is 0 Å². The first-order valence-corrected chi connectivity index (χ1v) is 8.31. The largest absolute Gasteiger partial charge is 0.483 e. The Morgan fingerprint density at radius 3 is 2.43 bits per heavy atom. The fourth-order valence-corrected chi connectivity index (χ4v) is 2.51. The van der Waals surface area contributed by atoms with E-state index in [2.05, 4.69) is 9.99 Å². The van der Waals surface area contributed by atoms with Crippen molar-refractivity contribution in [2.75, 3.05) is 7.11 Å². The second kappa shape index (κ2) is 8.40. The van der Waals surface area contributed by atoms with E-state index in [-0.39, 0.29) is 26.5 Å². The molecule has 0 saturated heterocycles. The molecule has 30 heavy (non-hydrogen) atoms. The van der Waals surface area contributed by atoms with Crippen molar-refractivity contribution in [3.05, 3.63) is 56.1 Å². The topological polar surface area (TPSA) is 98.6 Å². The normalized spacial score (nSPS) is 13.0. The highest BCUT2D eigenvalue weighted by Gasteiger charge is 2.35. The molecule has 1 aromatic carbocycles. The molecule has 0 aliphatic carbocycles. The Morgan fingerprint density at radius 2 is 1.90 bits per heavy atom. The number of oxime groups is 1. The number of ether oxygens (including phenoxy) is 1. The molecule has 1 atom stereocenters. The fraction of sp³-hybridized carbons (Fsp3) is 0.333. The number of benzene rings is 1. The van der Waals surface area contributed by atoms with Gasteiger partial charge in [0.05, 0.1) is 17.0 Å². The first-order valence-electron chi connectivity index (χ1n) is 8.31. The third kappa shape index (κ3) is 4.35. The molecule has 0 bridgehead atoms. The second-order valence-corrected chi connectivity index (χ2v) is 6.13. The zero-order valence-corrected chi connectivity index (χ0v) is 16.2. The first-order chi connectivity index (χ1) is 13.9. The lowest BCUT2D eigenvalue weighted by Gasteiger charge is -2.18. The summed E-state index contributed by atoms with van der Waals surface area (Å²) >= 11 is 0. The highest BCUT2D eigenvalue weighted by molar-refractivity contribution is 5.85. The number of nitrogens with zero attached hydrogens (tertiary/aromatic N) is 4. The van der Waals surface area contributed by atoms with Crippen molar-refractivity contribution < 1.29 is 27.1 Å². The van der Waals surface area contributed by atoms with Crippen LogP contribution < -0.4 is 16.0 Å². The van der Waals surface area contributed by atoms with Crippen LogP contribution >= 0.6 is 0 Å². The van der Waals surface area contributed by atoms with E-state index in [0.717, 1.165) is 13.1 Å². The molecule has 0 spiro atoms. The van der Waals surface area contributed by atoms with Crippen LogP contribution in [0.5, 0.6) is 5.75 Å². The molecule has 0 fully saturated rings. The standard InChI is InChI=1S/C18H16F4N4O4/c1-9(24-29-4)10(2)30-14-6-13(12(19)5-11(14)8-23)26-16(27)7-15(18(20,21)22)25(3)17(26)28/h5-7,10H,1-4H3/b24-9+. The Bertz CT molecular complexity index is 1160. The van der Waals surface area contributed by atoms with Gasteiger partial charge in [0.2, 0.25) is 0 Å². The maximum Gasteiger partial charge on any atom is 0.431 e. The number of nitriles is 1. The summed E-state index contributed by atoms with van der Waals surface area (Å²) in [5.41, 5.74) is -4.88. The third-order valence-electron chi connectivity index (χ3n) is 4.15. The van der Waals surface area contributed by atoms with Crippen molar-refractivity contribution in [1.29, 1.82) is 5.26 Å². The van der Waals surface area contributed by atoms with Gasteiger partial charge in [-0.05, 0) is 19.9 Å². The highest BCUT2D eigenvalue weighted by atomic mass is 19.4. The van der Waals surface area contributed by atoms with Gasteiger partial charge in [-0.15, -0.1) is 0 Å². The van der Waals surface area contributed by atoms with Crippen molar-refractivity contribution in [3.8, 4) is 17.5 Å². The molecule has 160 valence electrons. The van der Waals surface area contributed by atoms with E-state index in [4.69, 9.17) is 4.74 Å². The van der Waals surface area contributed by atoms with E-state index in [9.17, 15) is 32.4 Å². The first kappa shape index (κ1) is 22.7. The van der Waals surface area contributed by atoms with Gasteiger partial charge in [-0.2, -0.15) is 18.4 Å². The molecule has 8 nitrogen and oxygen atoms in total. The quantitative estimate of drug-likeness (QED) is 0.414. The minimum absolute atomic E-state index is 0.178. The summed E-state index contributed by atoms with van der Waals surface area (Å²) in [6.07, 6.45) is -5.71. The van der Waals surface area contributed by atoms with Gasteiger partial charge in [0.15, 0.2) is 0 Å². The van der Waals surface area contributed by atoms with E-state index in [1.165, 1.54) is 7.11 Å². The van der Waals surface area contributed by atoms with Crippen LogP contribution in [0.25, 0.3) is 5.69 Å². The maximum atomic E-state index is 14.6. The number of hydrogen-bond donors (Lipinski definition) is 0. The average molecular weight is 428 g/mol. The zero-order valence-electron chi connectivity index (χ0n) is 16.2. The van der Waals surface area contributed by atoms with E-state index in [1.54, 1.807) is 19.9 Å². The molecule has 2 aromatic rings. The molecular formula is C18H16F4N4O4. The van der Waals surface area contributed by atoms with Crippen LogP contribution in [0, 0.1) is 17.1 Å². The molecule has 0 N–H and O–H groups in total. The number of rotatable bonds is 5. The van der Waals surface area contributed by atoms with Gasteiger partial charge in [-0.1, -0.05) is 5.16 Å². The predicted octanol–water partition coefficient (Wildman–Crippen LogP) is 2.36. The molecule has 12 heteroatoms. The van der Waals surface area contributed by atoms with Gasteiger partial charge in [-0.25, -0.2) is 13.8 Å². The van der Waals surface area contributed by atoms with Crippen molar-refractivity contribution in [2.45, 2.75) is 26.1 Å². The minimum Gasteiger partial charge on any atom is -0.483 e. The molecule has 0 saturated carbocycles. The van der Waals surface area contributed by atoms with Crippen molar-refractivity contribution in [1.82, 2.24) is 9.13 Å². The summed E-state index contributed by atoms with van der Waals surface area (Å²) in [5.74, 6) is -1.38. The van der Waals surface area contributed by atoms with Crippen LogP contribution in [0.1, 0.15) is 25.1 Å². The molecule has 0 aliphatic rings. The molecule has 1 heterocycles. The van der Waals surface area contributed by atoms with Gasteiger partial charge in [0.1, 0.15) is 36.5 Å². The number of alkyl halides is 3. The second-order valence-electron chi connectivity index (χ2n) is 6.13. The lowest BCUT2D eigenvalue weighted by molar-refractivity contribution is -0.144. The van der Waals surface area contributed by atoms with Crippen LogP contribution in [-0.2, 0) is 18.1 Å². The zero-order chi connectivity index (χ0) is 22.8. The van der Waals surface area contributed by atoms with E-state index in [0.29, 0.717) is 11.8 Å². The highest BCUT2D eigenvalue weighted by Crippen LogP contribution is 2.28. The molecule has 1 unspecified atom stereocenters. The third-order valence-corrected chi connectivity index (χ3v) is 4.15. The summed E-state index contributed by atoms with van der Waals surface area (Å²) in [6, 6.07) is 3.49. The smallest absolute Gasteiger partial charge is 0.431 e. The summed E-state index contributed by atoms with van der Waals surface area (Å²) in [5, 5.41) is 12.9. The van der Waals surface area contributed by atoms with E-state index < -0.39 is 40.7 Å². The lowest BCUT2D eigenvalue weighted by Crippen LogP contribution is -2.41. The van der Waals surface area contributed by atoms with Crippen LogP contribution in [-0.4, -0.2) is 28.1 Å². The molecular weight excluding hydrogens is 412 g/mol. The minimum atomic E-state index is -4.96. The Hall–Kier alpha value is -3.62. The molecule has 2 rings (SSSR count). The van der Waals surface area contributed by atoms with Crippen molar-refractivity contribution in [3.63, 3.8) is 0 Å². The Kier molecular flexibility index (Phi) is 6.35. The Balaban J connectivity index is 2.72. The van der Waals surface area contributed by atoms with Gasteiger partial charge >= 0.3 is 11.9 Å². The van der Waals surface area contributed by atoms with Crippen LogP contribution in [0.4, 0.5) is 17.6 Å². The lowest BCUT2D eigenvalue weighted by atomic mass is 10.1. The van der Waals surface area contributed by atoms with E-state index in [1.807, 2.05) is 0 Å². The van der Waals surface area contributed by atoms with Gasteiger partial charge in [0.25, 0.3) is 5.56 Å². The molecule has 1 aromatic heterocycles. The fourth-order valence-electron chi connectivity index (χ4n) is 2.51. The summed E-state index contributed by atoms with van der Waals surface area (Å²) < 4.78 is 59.5. The SMILES string of the molecule is CO/N=C(\C)C(C)Oc1cc(-n2c(=O)cc(C(F)(F)F)n(C)c2=O)c(F)cc1C#N. The average Bonchev–Trinajstić information content (AvgIpc) is 2.65. The molecule has 0 radical (unpaired) electrons.